The number of halogens is 3. The molecule has 0 fully saturated rings. The van der Waals surface area contributed by atoms with Gasteiger partial charge >= 0.3 is 0 Å². The average Bonchev–Trinajstić information content (AvgIpc) is 2.48. The van der Waals surface area contributed by atoms with Crippen LogP contribution in [-0.4, -0.2) is 4.98 Å². The summed E-state index contributed by atoms with van der Waals surface area (Å²) in [6, 6.07) is 3.20. The fourth-order valence-corrected chi connectivity index (χ4v) is 1.86. The Morgan fingerprint density at radius 1 is 1.50 bits per heavy atom. The second-order valence-electron chi connectivity index (χ2n) is 2.42. The van der Waals surface area contributed by atoms with E-state index in [9.17, 15) is 4.39 Å². The van der Waals surface area contributed by atoms with Crippen molar-refractivity contribution in [2.75, 3.05) is 0 Å². The van der Waals surface area contributed by atoms with Gasteiger partial charge in [0.1, 0.15) is 10.8 Å². The molecule has 1 N–H and O–H groups in total. The van der Waals surface area contributed by atoms with E-state index in [0.29, 0.717) is 9.99 Å². The number of H-pyrrole nitrogens is 1. The van der Waals surface area contributed by atoms with Crippen molar-refractivity contribution in [3.8, 4) is 0 Å². The van der Waals surface area contributed by atoms with E-state index >= 15 is 0 Å². The Kier molecular flexibility index (Phi) is 1.85. The van der Waals surface area contributed by atoms with Crippen molar-refractivity contribution in [2.45, 2.75) is 0 Å². The Balaban J connectivity index is 2.97. The molecule has 0 radical (unpaired) electrons. The van der Waals surface area contributed by atoms with Crippen LogP contribution in [0.5, 0.6) is 0 Å². The molecule has 0 aliphatic rings. The summed E-state index contributed by atoms with van der Waals surface area (Å²) < 4.78 is 13.7. The van der Waals surface area contributed by atoms with E-state index in [1.807, 2.05) is 6.07 Å². The lowest BCUT2D eigenvalue weighted by Gasteiger charge is -1.98. The van der Waals surface area contributed by atoms with Crippen LogP contribution in [0.3, 0.4) is 0 Å². The molecular formula is C8H4BrClFN. The Morgan fingerprint density at radius 2 is 2.25 bits per heavy atom. The third kappa shape index (κ3) is 1.04. The minimum Gasteiger partial charge on any atom is -0.360 e. The summed E-state index contributed by atoms with van der Waals surface area (Å²) in [6.07, 6.45) is 1.72. The minimum absolute atomic E-state index is 0.137. The van der Waals surface area contributed by atoms with Gasteiger partial charge in [-0.1, -0.05) is 11.6 Å². The van der Waals surface area contributed by atoms with Crippen molar-refractivity contribution in [3.05, 3.63) is 33.6 Å². The molecule has 62 valence electrons. The molecule has 0 saturated carbocycles. The van der Waals surface area contributed by atoms with E-state index in [0.717, 1.165) is 5.39 Å². The zero-order valence-electron chi connectivity index (χ0n) is 5.87. The lowest BCUT2D eigenvalue weighted by atomic mass is 10.2. The summed E-state index contributed by atoms with van der Waals surface area (Å²) in [5, 5.41) is 1.03. The highest BCUT2D eigenvalue weighted by atomic mass is 79.9. The summed E-state index contributed by atoms with van der Waals surface area (Å²) >= 11 is 8.95. The van der Waals surface area contributed by atoms with Gasteiger partial charge in [-0.2, -0.15) is 0 Å². The lowest BCUT2D eigenvalue weighted by Crippen LogP contribution is -1.79. The first-order valence-electron chi connectivity index (χ1n) is 3.30. The van der Waals surface area contributed by atoms with Crippen LogP contribution in [0.25, 0.3) is 10.9 Å². The maximum atomic E-state index is 13.0. The van der Waals surface area contributed by atoms with Gasteiger partial charge in [-0.3, -0.25) is 0 Å². The van der Waals surface area contributed by atoms with Crippen molar-refractivity contribution < 1.29 is 4.39 Å². The largest absolute Gasteiger partial charge is 0.360 e. The molecular weight excluding hydrogens is 244 g/mol. The molecule has 0 atom stereocenters. The minimum atomic E-state index is -0.418. The highest BCUT2D eigenvalue weighted by Crippen LogP contribution is 2.31. The number of aromatic nitrogens is 1. The van der Waals surface area contributed by atoms with Crippen LogP contribution in [0.2, 0.25) is 5.02 Å². The molecule has 1 nitrogen and oxygen atoms in total. The van der Waals surface area contributed by atoms with E-state index in [1.54, 1.807) is 6.20 Å². The number of benzene rings is 1. The fraction of sp³-hybridized carbons (Fsp3) is 0. The second-order valence-corrected chi connectivity index (χ2v) is 3.65. The van der Waals surface area contributed by atoms with E-state index in [1.165, 1.54) is 6.07 Å². The van der Waals surface area contributed by atoms with E-state index in [-0.39, 0.29) is 5.02 Å². The zero-order chi connectivity index (χ0) is 8.72. The maximum absolute atomic E-state index is 13.0. The first-order chi connectivity index (χ1) is 5.70. The molecule has 0 amide bonds. The first kappa shape index (κ1) is 8.08. The molecule has 4 heteroatoms. The van der Waals surface area contributed by atoms with Gasteiger partial charge in [0, 0.05) is 16.1 Å². The fourth-order valence-electron chi connectivity index (χ4n) is 1.12. The molecule has 0 spiro atoms. The van der Waals surface area contributed by atoms with Gasteiger partial charge in [-0.15, -0.1) is 0 Å². The van der Waals surface area contributed by atoms with Crippen LogP contribution in [0.1, 0.15) is 0 Å². The van der Waals surface area contributed by atoms with Crippen molar-refractivity contribution in [2.24, 2.45) is 0 Å². The second kappa shape index (κ2) is 2.75. The smallest absolute Gasteiger partial charge is 0.145 e. The topological polar surface area (TPSA) is 15.8 Å². The summed E-state index contributed by atoms with van der Waals surface area (Å²) in [7, 11) is 0. The molecule has 1 heterocycles. The Labute approximate surface area is 81.7 Å². The molecule has 0 saturated heterocycles. The predicted molar refractivity (Wildman–Crippen MR) is 51.0 cm³/mol. The van der Waals surface area contributed by atoms with E-state index < -0.39 is 5.82 Å². The third-order valence-corrected chi connectivity index (χ3v) is 2.71. The number of rotatable bonds is 0. The van der Waals surface area contributed by atoms with Gasteiger partial charge in [0.2, 0.25) is 0 Å². The van der Waals surface area contributed by atoms with Gasteiger partial charge < -0.3 is 4.98 Å². The van der Waals surface area contributed by atoms with Crippen molar-refractivity contribution >= 4 is 38.4 Å². The molecule has 2 aromatic rings. The van der Waals surface area contributed by atoms with Crippen LogP contribution in [0.4, 0.5) is 4.39 Å². The predicted octanol–water partition coefficient (Wildman–Crippen LogP) is 3.72. The lowest BCUT2D eigenvalue weighted by molar-refractivity contribution is 0.629. The molecule has 1 aromatic heterocycles. The Morgan fingerprint density at radius 3 is 3.00 bits per heavy atom. The zero-order valence-corrected chi connectivity index (χ0v) is 8.21. The molecule has 0 bridgehead atoms. The van der Waals surface area contributed by atoms with Crippen LogP contribution in [-0.2, 0) is 0 Å². The van der Waals surface area contributed by atoms with Crippen LogP contribution in [0.15, 0.2) is 22.8 Å². The highest BCUT2D eigenvalue weighted by Gasteiger charge is 2.08. The molecule has 0 aliphatic heterocycles. The van der Waals surface area contributed by atoms with Crippen LogP contribution in [0, 0.1) is 5.82 Å². The van der Waals surface area contributed by atoms with Gasteiger partial charge in [0.25, 0.3) is 0 Å². The van der Waals surface area contributed by atoms with Crippen molar-refractivity contribution in [3.63, 3.8) is 0 Å². The standard InChI is InChI=1S/C8H4BrClFN/c9-5-3-6(11)7(10)8-4(5)1-2-12-8/h1-3,12H. The van der Waals surface area contributed by atoms with Crippen LogP contribution < -0.4 is 0 Å². The number of aromatic amines is 1. The van der Waals surface area contributed by atoms with Gasteiger partial charge in [-0.25, -0.2) is 4.39 Å². The molecule has 1 aromatic carbocycles. The van der Waals surface area contributed by atoms with Crippen LogP contribution >= 0.6 is 27.5 Å². The van der Waals surface area contributed by atoms with Gasteiger partial charge in [-0.05, 0) is 28.1 Å². The average molecular weight is 248 g/mol. The summed E-state index contributed by atoms with van der Waals surface area (Å²) in [5.41, 5.74) is 0.628. The normalized spacial score (nSPS) is 10.9. The quantitative estimate of drug-likeness (QED) is 0.684. The van der Waals surface area contributed by atoms with E-state index in [2.05, 4.69) is 20.9 Å². The van der Waals surface area contributed by atoms with Gasteiger partial charge in [0.05, 0.1) is 5.52 Å². The number of nitrogens with one attached hydrogen (secondary N) is 1. The number of hydrogen-bond donors (Lipinski definition) is 1. The van der Waals surface area contributed by atoms with Gasteiger partial charge in [0.15, 0.2) is 0 Å². The highest BCUT2D eigenvalue weighted by molar-refractivity contribution is 9.10. The SMILES string of the molecule is Fc1cc(Br)c2cc[nH]c2c1Cl. The molecule has 2 rings (SSSR count). The summed E-state index contributed by atoms with van der Waals surface area (Å²) in [6.45, 7) is 0. The number of fused-ring (bicyclic) bond motifs is 1. The maximum Gasteiger partial charge on any atom is 0.145 e. The van der Waals surface area contributed by atoms with Crippen molar-refractivity contribution in [1.29, 1.82) is 0 Å². The Hall–Kier alpha value is -0.540. The monoisotopic (exact) mass is 247 g/mol. The first-order valence-corrected chi connectivity index (χ1v) is 4.48. The summed E-state index contributed by atoms with van der Waals surface area (Å²) in [5.74, 6) is -0.418. The molecule has 12 heavy (non-hydrogen) atoms. The third-order valence-electron chi connectivity index (χ3n) is 1.69. The molecule has 0 aliphatic carbocycles. The van der Waals surface area contributed by atoms with Crippen molar-refractivity contribution in [1.82, 2.24) is 4.98 Å². The Bertz CT molecular complexity index is 438. The van der Waals surface area contributed by atoms with E-state index in [4.69, 9.17) is 11.6 Å². The molecule has 0 unspecified atom stereocenters. The number of hydrogen-bond acceptors (Lipinski definition) is 0. The summed E-state index contributed by atoms with van der Waals surface area (Å²) in [4.78, 5) is 2.87.